The minimum Gasteiger partial charge on any atom is -0.390 e. The molecule has 0 amide bonds. The van der Waals surface area contributed by atoms with Crippen LogP contribution in [0.1, 0.15) is 25.3 Å². The van der Waals surface area contributed by atoms with Gasteiger partial charge >= 0.3 is 0 Å². The fraction of sp³-hybridized carbons (Fsp3) is 0.600. The van der Waals surface area contributed by atoms with Gasteiger partial charge in [-0.25, -0.2) is 4.98 Å². The minimum absolute atomic E-state index is 0.420. The molecule has 0 saturated carbocycles. The van der Waals surface area contributed by atoms with Gasteiger partial charge in [0.1, 0.15) is 5.82 Å². The Morgan fingerprint density at radius 3 is 3.00 bits per heavy atom. The second kappa shape index (κ2) is 7.22. The van der Waals surface area contributed by atoms with E-state index < -0.39 is 6.10 Å². The third-order valence-corrected chi connectivity index (χ3v) is 3.75. The van der Waals surface area contributed by atoms with E-state index in [1.165, 1.54) is 12.8 Å². The highest BCUT2D eigenvalue weighted by Gasteiger charge is 2.18. The Hall–Kier alpha value is -1.64. The number of piperidine rings is 1. The molecule has 2 rings (SSSR count). The maximum Gasteiger partial charge on any atom is 0.127 e. The van der Waals surface area contributed by atoms with Crippen LogP contribution in [0.4, 0.5) is 5.82 Å². The number of hydrogen-bond acceptors (Lipinski definition) is 5. The number of anilines is 1. The molecular formula is C15H22N4O. The van der Waals surface area contributed by atoms with E-state index >= 15 is 0 Å². The van der Waals surface area contributed by atoms with E-state index in [4.69, 9.17) is 5.26 Å². The Morgan fingerprint density at radius 2 is 2.30 bits per heavy atom. The molecule has 2 heterocycles. The first-order valence-electron chi connectivity index (χ1n) is 7.18. The SMILES string of the molecule is CC1CCN(CC(O)CNc2cc(C#N)ccn2)CC1. The van der Waals surface area contributed by atoms with Gasteiger partial charge in [0.2, 0.25) is 0 Å². The van der Waals surface area contributed by atoms with Gasteiger partial charge in [-0.15, -0.1) is 0 Å². The number of β-amino-alcohol motifs (C(OH)–C–C–N with tert-alkyl or cyclic N) is 1. The van der Waals surface area contributed by atoms with Crippen molar-refractivity contribution in [2.45, 2.75) is 25.9 Å². The predicted octanol–water partition coefficient (Wildman–Crippen LogP) is 1.46. The molecule has 1 aliphatic heterocycles. The van der Waals surface area contributed by atoms with Crippen LogP contribution in [0.2, 0.25) is 0 Å². The van der Waals surface area contributed by atoms with E-state index in [9.17, 15) is 5.11 Å². The summed E-state index contributed by atoms with van der Waals surface area (Å²) in [5.74, 6) is 1.44. The van der Waals surface area contributed by atoms with E-state index in [2.05, 4.69) is 28.2 Å². The van der Waals surface area contributed by atoms with E-state index in [0.717, 1.165) is 19.0 Å². The lowest BCUT2D eigenvalue weighted by molar-refractivity contribution is 0.0989. The van der Waals surface area contributed by atoms with E-state index in [1.54, 1.807) is 18.3 Å². The molecule has 1 unspecified atom stereocenters. The molecule has 1 fully saturated rings. The molecule has 1 atom stereocenters. The van der Waals surface area contributed by atoms with Crippen molar-refractivity contribution in [3.05, 3.63) is 23.9 Å². The molecule has 0 aromatic carbocycles. The number of aromatic nitrogens is 1. The third kappa shape index (κ3) is 4.48. The summed E-state index contributed by atoms with van der Waals surface area (Å²) in [5.41, 5.74) is 0.571. The van der Waals surface area contributed by atoms with Crippen LogP contribution < -0.4 is 5.32 Å². The minimum atomic E-state index is -0.420. The van der Waals surface area contributed by atoms with Crippen molar-refractivity contribution in [2.24, 2.45) is 5.92 Å². The van der Waals surface area contributed by atoms with Gasteiger partial charge in [0.05, 0.1) is 17.7 Å². The topological polar surface area (TPSA) is 72.2 Å². The summed E-state index contributed by atoms with van der Waals surface area (Å²) in [6.07, 6.45) is 3.60. The van der Waals surface area contributed by atoms with Crippen molar-refractivity contribution in [1.29, 1.82) is 5.26 Å². The lowest BCUT2D eigenvalue weighted by Crippen LogP contribution is -2.40. The van der Waals surface area contributed by atoms with Crippen LogP contribution in [0, 0.1) is 17.2 Å². The van der Waals surface area contributed by atoms with E-state index in [0.29, 0.717) is 24.5 Å². The summed E-state index contributed by atoms with van der Waals surface area (Å²) >= 11 is 0. The number of aliphatic hydroxyl groups excluding tert-OH is 1. The lowest BCUT2D eigenvalue weighted by atomic mass is 9.99. The van der Waals surface area contributed by atoms with Crippen LogP contribution in [0.5, 0.6) is 0 Å². The summed E-state index contributed by atoms with van der Waals surface area (Å²) in [5, 5.41) is 22.0. The largest absolute Gasteiger partial charge is 0.390 e. The van der Waals surface area contributed by atoms with Gasteiger partial charge in [0.25, 0.3) is 0 Å². The fourth-order valence-corrected chi connectivity index (χ4v) is 2.43. The van der Waals surface area contributed by atoms with Crippen molar-refractivity contribution in [3.8, 4) is 6.07 Å². The molecule has 2 N–H and O–H groups in total. The van der Waals surface area contributed by atoms with Gasteiger partial charge in [-0.2, -0.15) is 5.26 Å². The average Bonchev–Trinajstić information content (AvgIpc) is 2.48. The number of likely N-dealkylation sites (tertiary alicyclic amines) is 1. The molecule has 1 aromatic rings. The Balaban J connectivity index is 1.74. The first-order chi connectivity index (χ1) is 9.67. The molecule has 1 saturated heterocycles. The Bertz CT molecular complexity index is 463. The molecule has 1 aromatic heterocycles. The molecule has 5 nitrogen and oxygen atoms in total. The van der Waals surface area contributed by atoms with Gasteiger partial charge in [0, 0.05) is 19.3 Å². The Labute approximate surface area is 120 Å². The summed E-state index contributed by atoms with van der Waals surface area (Å²) in [6.45, 7) is 5.57. The summed E-state index contributed by atoms with van der Waals surface area (Å²) in [6, 6.07) is 5.43. The standard InChI is InChI=1S/C15H22N4O/c1-12-3-6-19(7-4-12)11-14(20)10-18-15-8-13(9-16)2-5-17-15/h2,5,8,12,14,20H,3-4,6-7,10-11H2,1H3,(H,17,18). The van der Waals surface area contributed by atoms with E-state index in [-0.39, 0.29) is 0 Å². The van der Waals surface area contributed by atoms with Crippen molar-refractivity contribution in [1.82, 2.24) is 9.88 Å². The average molecular weight is 274 g/mol. The van der Waals surface area contributed by atoms with Gasteiger partial charge in [0.15, 0.2) is 0 Å². The zero-order chi connectivity index (χ0) is 14.4. The van der Waals surface area contributed by atoms with Crippen LogP contribution in [0.25, 0.3) is 0 Å². The number of rotatable bonds is 5. The highest BCUT2D eigenvalue weighted by atomic mass is 16.3. The Morgan fingerprint density at radius 1 is 1.55 bits per heavy atom. The second-order valence-electron chi connectivity index (χ2n) is 5.56. The number of pyridine rings is 1. The predicted molar refractivity (Wildman–Crippen MR) is 78.3 cm³/mol. The zero-order valence-electron chi connectivity index (χ0n) is 11.9. The van der Waals surface area contributed by atoms with Gasteiger partial charge < -0.3 is 15.3 Å². The van der Waals surface area contributed by atoms with Crippen molar-refractivity contribution in [3.63, 3.8) is 0 Å². The molecular weight excluding hydrogens is 252 g/mol. The summed E-state index contributed by atoms with van der Waals surface area (Å²) in [4.78, 5) is 6.44. The van der Waals surface area contributed by atoms with Gasteiger partial charge in [-0.1, -0.05) is 6.92 Å². The highest BCUT2D eigenvalue weighted by Crippen LogP contribution is 2.16. The van der Waals surface area contributed by atoms with Gasteiger partial charge in [-0.3, -0.25) is 0 Å². The van der Waals surface area contributed by atoms with Crippen LogP contribution >= 0.6 is 0 Å². The molecule has 5 heteroatoms. The molecule has 0 bridgehead atoms. The number of hydrogen-bond donors (Lipinski definition) is 2. The number of nitrogens with one attached hydrogen (secondary N) is 1. The molecule has 0 radical (unpaired) electrons. The van der Waals surface area contributed by atoms with Crippen molar-refractivity contribution in [2.75, 3.05) is 31.5 Å². The highest BCUT2D eigenvalue weighted by molar-refractivity contribution is 5.42. The number of nitrogens with zero attached hydrogens (tertiary/aromatic N) is 3. The molecule has 0 aliphatic carbocycles. The van der Waals surface area contributed by atoms with Crippen LogP contribution in [0.3, 0.4) is 0 Å². The molecule has 0 spiro atoms. The van der Waals surface area contributed by atoms with Crippen LogP contribution in [-0.2, 0) is 0 Å². The maximum absolute atomic E-state index is 10.1. The Kier molecular flexibility index (Phi) is 5.33. The van der Waals surface area contributed by atoms with Crippen molar-refractivity contribution >= 4 is 5.82 Å². The van der Waals surface area contributed by atoms with Gasteiger partial charge in [-0.05, 0) is 44.0 Å². The quantitative estimate of drug-likeness (QED) is 0.850. The van der Waals surface area contributed by atoms with Crippen molar-refractivity contribution < 1.29 is 5.11 Å². The molecule has 20 heavy (non-hydrogen) atoms. The van der Waals surface area contributed by atoms with Crippen LogP contribution in [-0.4, -0.2) is 47.3 Å². The monoisotopic (exact) mass is 274 g/mol. The first-order valence-corrected chi connectivity index (χ1v) is 7.18. The first kappa shape index (κ1) is 14.8. The molecule has 1 aliphatic rings. The molecule has 108 valence electrons. The normalized spacial score (nSPS) is 18.4. The number of nitriles is 1. The smallest absolute Gasteiger partial charge is 0.127 e. The van der Waals surface area contributed by atoms with E-state index in [1.807, 2.05) is 0 Å². The maximum atomic E-state index is 10.1. The second-order valence-corrected chi connectivity index (χ2v) is 5.56. The third-order valence-electron chi connectivity index (χ3n) is 3.75. The zero-order valence-corrected chi connectivity index (χ0v) is 11.9. The lowest BCUT2D eigenvalue weighted by Gasteiger charge is -2.31. The fourth-order valence-electron chi connectivity index (χ4n) is 2.43. The number of aliphatic hydroxyl groups is 1. The van der Waals surface area contributed by atoms with Crippen LogP contribution in [0.15, 0.2) is 18.3 Å². The summed E-state index contributed by atoms with van der Waals surface area (Å²) in [7, 11) is 0. The summed E-state index contributed by atoms with van der Waals surface area (Å²) < 4.78 is 0.